The van der Waals surface area contributed by atoms with Crippen LogP contribution in [0.4, 0.5) is 8.78 Å². The second-order valence-corrected chi connectivity index (χ2v) is 3.83. The molecule has 5 nitrogen and oxygen atoms in total. The van der Waals surface area contributed by atoms with Gasteiger partial charge in [0.05, 0.1) is 0 Å². The van der Waals surface area contributed by atoms with Crippen LogP contribution < -0.4 is 5.73 Å². The van der Waals surface area contributed by atoms with Gasteiger partial charge in [-0.05, 0) is 18.6 Å². The fraction of sp³-hybridized carbons (Fsp3) is 0.300. The molecule has 0 aliphatic carbocycles. The number of hydrogen-bond acceptors (Lipinski definition) is 4. The summed E-state index contributed by atoms with van der Waals surface area (Å²) in [6.07, 6.45) is 1.50. The number of nitrogens with two attached hydrogens (primary N) is 1. The van der Waals surface area contributed by atoms with Crippen LogP contribution in [0.3, 0.4) is 0 Å². The first-order valence-electron chi connectivity index (χ1n) is 4.90. The third kappa shape index (κ3) is 2.14. The standard InChI is InChI=1S/C10H11F2N5/c1-10(13,9(11)12)7-2-3-8(15-4-7)17-6-14-5-16-17/h2-6,9H,13H2,1H3. The van der Waals surface area contributed by atoms with Crippen molar-refractivity contribution in [3.05, 3.63) is 36.5 Å². The monoisotopic (exact) mass is 239 g/mol. The van der Waals surface area contributed by atoms with E-state index in [1.807, 2.05) is 0 Å². The maximum Gasteiger partial charge on any atom is 0.260 e. The molecule has 2 aromatic heterocycles. The van der Waals surface area contributed by atoms with E-state index in [2.05, 4.69) is 15.1 Å². The van der Waals surface area contributed by atoms with Crippen LogP contribution in [0.2, 0.25) is 0 Å². The SMILES string of the molecule is CC(N)(c1ccc(-n2cncn2)nc1)C(F)F. The van der Waals surface area contributed by atoms with E-state index in [-0.39, 0.29) is 5.56 Å². The Hall–Kier alpha value is -1.89. The third-order valence-electron chi connectivity index (χ3n) is 2.48. The molecule has 2 aromatic rings. The Bertz CT molecular complexity index is 478. The Balaban J connectivity index is 2.31. The number of hydrogen-bond donors (Lipinski definition) is 1. The first-order valence-corrected chi connectivity index (χ1v) is 4.90. The van der Waals surface area contributed by atoms with Crippen LogP contribution in [0.25, 0.3) is 5.82 Å². The van der Waals surface area contributed by atoms with Crippen molar-refractivity contribution in [2.24, 2.45) is 5.73 Å². The predicted molar refractivity (Wildman–Crippen MR) is 56.7 cm³/mol. The normalized spacial score (nSPS) is 14.9. The van der Waals surface area contributed by atoms with Gasteiger partial charge in [-0.25, -0.2) is 23.4 Å². The van der Waals surface area contributed by atoms with Gasteiger partial charge in [0.25, 0.3) is 6.43 Å². The van der Waals surface area contributed by atoms with Crippen LogP contribution in [0.5, 0.6) is 0 Å². The lowest BCUT2D eigenvalue weighted by Crippen LogP contribution is -2.40. The van der Waals surface area contributed by atoms with E-state index >= 15 is 0 Å². The number of alkyl halides is 2. The Morgan fingerprint density at radius 1 is 1.41 bits per heavy atom. The minimum Gasteiger partial charge on any atom is -0.317 e. The van der Waals surface area contributed by atoms with Crippen LogP contribution in [-0.2, 0) is 5.54 Å². The summed E-state index contributed by atoms with van der Waals surface area (Å²) in [5, 5.41) is 3.88. The lowest BCUT2D eigenvalue weighted by molar-refractivity contribution is 0.0623. The van der Waals surface area contributed by atoms with E-state index < -0.39 is 12.0 Å². The third-order valence-corrected chi connectivity index (χ3v) is 2.48. The lowest BCUT2D eigenvalue weighted by atomic mass is 9.95. The van der Waals surface area contributed by atoms with Crippen molar-refractivity contribution in [2.75, 3.05) is 0 Å². The molecule has 2 rings (SSSR count). The van der Waals surface area contributed by atoms with Crippen LogP contribution in [0.15, 0.2) is 31.0 Å². The molecule has 2 heterocycles. The van der Waals surface area contributed by atoms with Gasteiger partial charge >= 0.3 is 0 Å². The molecule has 0 spiro atoms. The largest absolute Gasteiger partial charge is 0.317 e. The first-order chi connectivity index (χ1) is 8.01. The van der Waals surface area contributed by atoms with Gasteiger partial charge in [0.2, 0.25) is 0 Å². The molecule has 0 aromatic carbocycles. The second-order valence-electron chi connectivity index (χ2n) is 3.83. The summed E-state index contributed by atoms with van der Waals surface area (Å²) in [6.45, 7) is 1.27. The maximum absolute atomic E-state index is 12.7. The fourth-order valence-electron chi connectivity index (χ4n) is 1.29. The molecular formula is C10H11F2N5. The van der Waals surface area contributed by atoms with Crippen molar-refractivity contribution in [1.29, 1.82) is 0 Å². The van der Waals surface area contributed by atoms with E-state index in [0.29, 0.717) is 5.82 Å². The van der Waals surface area contributed by atoms with E-state index in [1.165, 1.54) is 36.5 Å². The van der Waals surface area contributed by atoms with Crippen molar-refractivity contribution in [2.45, 2.75) is 18.9 Å². The van der Waals surface area contributed by atoms with Gasteiger partial charge in [-0.3, -0.25) is 0 Å². The summed E-state index contributed by atoms with van der Waals surface area (Å²) in [5.74, 6) is 0.497. The Labute approximate surface area is 96.3 Å². The molecule has 0 aliphatic rings. The summed E-state index contributed by atoms with van der Waals surface area (Å²) in [7, 11) is 0. The van der Waals surface area contributed by atoms with Crippen molar-refractivity contribution < 1.29 is 8.78 Å². The Morgan fingerprint density at radius 2 is 2.18 bits per heavy atom. The fourth-order valence-corrected chi connectivity index (χ4v) is 1.29. The molecule has 0 bridgehead atoms. The second kappa shape index (κ2) is 4.17. The van der Waals surface area contributed by atoms with Gasteiger partial charge in [0.1, 0.15) is 18.2 Å². The highest BCUT2D eigenvalue weighted by Crippen LogP contribution is 2.24. The highest BCUT2D eigenvalue weighted by molar-refractivity contribution is 5.28. The molecule has 0 amide bonds. The van der Waals surface area contributed by atoms with Crippen molar-refractivity contribution >= 4 is 0 Å². The number of pyridine rings is 1. The molecule has 0 radical (unpaired) electrons. The van der Waals surface area contributed by atoms with Crippen molar-refractivity contribution in [1.82, 2.24) is 19.7 Å². The van der Waals surface area contributed by atoms with Crippen LogP contribution in [-0.4, -0.2) is 26.2 Å². The average molecular weight is 239 g/mol. The Morgan fingerprint density at radius 3 is 2.65 bits per heavy atom. The number of rotatable bonds is 3. The summed E-state index contributed by atoms with van der Waals surface area (Å²) in [4.78, 5) is 7.78. The van der Waals surface area contributed by atoms with Gasteiger partial charge in [0, 0.05) is 6.20 Å². The molecule has 17 heavy (non-hydrogen) atoms. The van der Waals surface area contributed by atoms with Gasteiger partial charge in [-0.1, -0.05) is 6.07 Å². The molecule has 0 aliphatic heterocycles. The zero-order valence-corrected chi connectivity index (χ0v) is 9.09. The molecule has 7 heteroatoms. The first kappa shape index (κ1) is 11.6. The van der Waals surface area contributed by atoms with E-state index in [4.69, 9.17) is 5.73 Å². The zero-order valence-electron chi connectivity index (χ0n) is 9.09. The molecule has 0 saturated heterocycles. The highest BCUT2D eigenvalue weighted by Gasteiger charge is 2.32. The molecule has 1 unspecified atom stereocenters. The number of nitrogens with zero attached hydrogens (tertiary/aromatic N) is 4. The lowest BCUT2D eigenvalue weighted by Gasteiger charge is -2.23. The highest BCUT2D eigenvalue weighted by atomic mass is 19.3. The van der Waals surface area contributed by atoms with E-state index in [0.717, 1.165) is 0 Å². The van der Waals surface area contributed by atoms with Gasteiger partial charge in [-0.15, -0.1) is 0 Å². The molecule has 1 atom stereocenters. The summed E-state index contributed by atoms with van der Waals surface area (Å²) >= 11 is 0. The quantitative estimate of drug-likeness (QED) is 0.870. The summed E-state index contributed by atoms with van der Waals surface area (Å²) in [5.41, 5.74) is 4.10. The van der Waals surface area contributed by atoms with E-state index in [1.54, 1.807) is 6.07 Å². The van der Waals surface area contributed by atoms with Gasteiger partial charge in [-0.2, -0.15) is 5.10 Å². The molecule has 2 N–H and O–H groups in total. The topological polar surface area (TPSA) is 69.6 Å². The number of aromatic nitrogens is 4. The average Bonchev–Trinajstić information content (AvgIpc) is 2.82. The molecule has 0 saturated carbocycles. The summed E-state index contributed by atoms with van der Waals surface area (Å²) < 4.78 is 26.8. The Kier molecular flexibility index (Phi) is 2.84. The van der Waals surface area contributed by atoms with Crippen LogP contribution in [0, 0.1) is 0 Å². The smallest absolute Gasteiger partial charge is 0.260 e. The van der Waals surface area contributed by atoms with Crippen LogP contribution in [0.1, 0.15) is 12.5 Å². The number of halogens is 2. The molecule has 0 fully saturated rings. The van der Waals surface area contributed by atoms with Crippen molar-refractivity contribution in [3.8, 4) is 5.82 Å². The van der Waals surface area contributed by atoms with Crippen molar-refractivity contribution in [3.63, 3.8) is 0 Å². The molecular weight excluding hydrogens is 228 g/mol. The van der Waals surface area contributed by atoms with Gasteiger partial charge in [0.15, 0.2) is 5.82 Å². The van der Waals surface area contributed by atoms with Crippen LogP contribution >= 0.6 is 0 Å². The van der Waals surface area contributed by atoms with Gasteiger partial charge < -0.3 is 5.73 Å². The minimum absolute atomic E-state index is 0.274. The minimum atomic E-state index is -2.65. The predicted octanol–water partition coefficient (Wildman–Crippen LogP) is 1.10. The van der Waals surface area contributed by atoms with E-state index in [9.17, 15) is 8.78 Å². The summed E-state index contributed by atoms with van der Waals surface area (Å²) in [6, 6.07) is 3.08. The maximum atomic E-state index is 12.7. The zero-order chi connectivity index (χ0) is 12.5. The molecule has 90 valence electrons.